The summed E-state index contributed by atoms with van der Waals surface area (Å²) in [5.74, 6) is -0.322. The summed E-state index contributed by atoms with van der Waals surface area (Å²) >= 11 is 0. The van der Waals surface area contributed by atoms with Crippen molar-refractivity contribution in [3.63, 3.8) is 0 Å². The molecule has 0 spiro atoms. The van der Waals surface area contributed by atoms with Gasteiger partial charge in [-0.15, -0.1) is 0 Å². The topological polar surface area (TPSA) is 98.5 Å². The maximum atomic E-state index is 13.6. The van der Waals surface area contributed by atoms with Gasteiger partial charge in [-0.2, -0.15) is 0 Å². The average Bonchev–Trinajstić information content (AvgIpc) is 3.17. The monoisotopic (exact) mass is 350 g/mol. The van der Waals surface area contributed by atoms with Crippen LogP contribution in [0.5, 0.6) is 0 Å². The van der Waals surface area contributed by atoms with E-state index in [4.69, 9.17) is 4.74 Å². The molecule has 2 aliphatic carbocycles. The normalized spacial score (nSPS) is 24.1. The lowest BCUT2D eigenvalue weighted by Gasteiger charge is -2.20. The van der Waals surface area contributed by atoms with E-state index in [-0.39, 0.29) is 11.4 Å². The van der Waals surface area contributed by atoms with Crippen LogP contribution in [0.2, 0.25) is 0 Å². The number of esters is 1. The molecule has 3 atom stereocenters. The minimum absolute atomic E-state index is 0.305. The molecule has 0 heterocycles. The van der Waals surface area contributed by atoms with Crippen molar-refractivity contribution >= 4 is 23.3 Å². The largest absolute Gasteiger partial charge is 0.456 e. The molecule has 1 aromatic carbocycles. The average molecular weight is 350 g/mol. The van der Waals surface area contributed by atoms with E-state index in [1.165, 1.54) is 12.8 Å². The highest BCUT2D eigenvalue weighted by atomic mass is 19.1. The molecule has 7 nitrogen and oxygen atoms in total. The molecular formula is C17H19FN2O5. The molecule has 2 aliphatic rings. The first kappa shape index (κ1) is 17.3. The van der Waals surface area contributed by atoms with Gasteiger partial charge in [-0.3, -0.25) is 19.7 Å². The van der Waals surface area contributed by atoms with Crippen molar-refractivity contribution in [1.82, 2.24) is 0 Å². The van der Waals surface area contributed by atoms with Crippen molar-refractivity contribution < 1.29 is 23.6 Å². The fraction of sp³-hybridized carbons (Fsp3) is 0.529. The second-order valence-corrected chi connectivity index (χ2v) is 6.77. The SMILES string of the molecule is O=C(COC(=O)C[C@H]1C[C@@H]2CC[C@@H]1C2)Nc1cc([N+](=O)[O-])ccc1F. The molecule has 2 fully saturated rings. The maximum absolute atomic E-state index is 13.6. The molecule has 0 aromatic heterocycles. The number of amides is 1. The molecule has 0 aliphatic heterocycles. The highest BCUT2D eigenvalue weighted by molar-refractivity contribution is 5.93. The Morgan fingerprint density at radius 2 is 2.12 bits per heavy atom. The number of rotatable bonds is 6. The van der Waals surface area contributed by atoms with E-state index in [2.05, 4.69) is 5.32 Å². The predicted molar refractivity (Wildman–Crippen MR) is 86.2 cm³/mol. The lowest BCUT2D eigenvalue weighted by molar-refractivity contribution is -0.384. The van der Waals surface area contributed by atoms with E-state index in [0.29, 0.717) is 18.3 Å². The third kappa shape index (κ3) is 4.12. The van der Waals surface area contributed by atoms with E-state index in [1.807, 2.05) is 0 Å². The predicted octanol–water partition coefficient (Wildman–Crippen LogP) is 3.04. The Morgan fingerprint density at radius 3 is 2.76 bits per heavy atom. The van der Waals surface area contributed by atoms with Gasteiger partial charge in [0.2, 0.25) is 0 Å². The van der Waals surface area contributed by atoms with Crippen LogP contribution < -0.4 is 5.32 Å². The smallest absolute Gasteiger partial charge is 0.306 e. The van der Waals surface area contributed by atoms with Crippen molar-refractivity contribution in [3.8, 4) is 0 Å². The highest BCUT2D eigenvalue weighted by Gasteiger charge is 2.40. The van der Waals surface area contributed by atoms with Gasteiger partial charge in [0.05, 0.1) is 10.6 Å². The van der Waals surface area contributed by atoms with Crippen LogP contribution in [0.15, 0.2) is 18.2 Å². The Labute approximate surface area is 143 Å². The lowest BCUT2D eigenvalue weighted by atomic mass is 9.86. The van der Waals surface area contributed by atoms with Gasteiger partial charge in [0.25, 0.3) is 11.6 Å². The standard InChI is InChI=1S/C17H19FN2O5/c18-14-4-3-13(20(23)24)8-15(14)19-16(21)9-25-17(22)7-12-6-10-1-2-11(12)5-10/h3-4,8,10-12H,1-2,5-7,9H2,(H,19,21)/t10-,11-,12-/m1/s1. The summed E-state index contributed by atoms with van der Waals surface area (Å²) in [6.45, 7) is -0.540. The highest BCUT2D eigenvalue weighted by Crippen LogP contribution is 2.49. The van der Waals surface area contributed by atoms with Crippen LogP contribution in [0, 0.1) is 33.7 Å². The molecule has 2 bridgehead atoms. The first-order chi connectivity index (χ1) is 11.9. The fourth-order valence-corrected chi connectivity index (χ4v) is 3.95. The maximum Gasteiger partial charge on any atom is 0.306 e. The summed E-state index contributed by atoms with van der Waals surface area (Å²) in [5, 5.41) is 12.9. The zero-order valence-corrected chi connectivity index (χ0v) is 13.6. The zero-order valence-electron chi connectivity index (χ0n) is 13.6. The zero-order chi connectivity index (χ0) is 18.0. The summed E-state index contributed by atoms with van der Waals surface area (Å²) < 4.78 is 18.6. The second kappa shape index (κ2) is 7.16. The number of carbonyl (C=O) groups excluding carboxylic acids is 2. The van der Waals surface area contributed by atoms with Crippen molar-refractivity contribution in [2.45, 2.75) is 32.1 Å². The van der Waals surface area contributed by atoms with Crippen LogP contribution in [-0.2, 0) is 14.3 Å². The van der Waals surface area contributed by atoms with Crippen molar-refractivity contribution in [3.05, 3.63) is 34.1 Å². The van der Waals surface area contributed by atoms with Crippen LogP contribution in [-0.4, -0.2) is 23.4 Å². The first-order valence-electron chi connectivity index (χ1n) is 8.31. The first-order valence-corrected chi connectivity index (χ1v) is 8.31. The van der Waals surface area contributed by atoms with Gasteiger partial charge in [-0.1, -0.05) is 6.42 Å². The number of fused-ring (bicyclic) bond motifs is 2. The summed E-state index contributed by atoms with van der Waals surface area (Å²) in [6, 6.07) is 2.82. The number of halogens is 1. The number of nitrogens with one attached hydrogen (secondary N) is 1. The number of benzene rings is 1. The molecule has 25 heavy (non-hydrogen) atoms. The number of hydrogen-bond acceptors (Lipinski definition) is 5. The summed E-state index contributed by atoms with van der Waals surface area (Å²) in [7, 11) is 0. The summed E-state index contributed by atoms with van der Waals surface area (Å²) in [4.78, 5) is 33.7. The molecule has 3 rings (SSSR count). The molecule has 1 amide bonds. The van der Waals surface area contributed by atoms with E-state index in [1.54, 1.807) is 0 Å². The third-order valence-corrected chi connectivity index (χ3v) is 5.11. The Kier molecular flexibility index (Phi) is 4.96. The van der Waals surface area contributed by atoms with E-state index >= 15 is 0 Å². The molecule has 1 aromatic rings. The van der Waals surface area contributed by atoms with E-state index in [9.17, 15) is 24.1 Å². The Morgan fingerprint density at radius 1 is 1.32 bits per heavy atom. The van der Waals surface area contributed by atoms with Gasteiger partial charge in [0.1, 0.15) is 5.82 Å². The van der Waals surface area contributed by atoms with Gasteiger partial charge >= 0.3 is 5.97 Å². The Bertz CT molecular complexity index is 708. The number of anilines is 1. The molecule has 134 valence electrons. The van der Waals surface area contributed by atoms with Gasteiger partial charge in [0.15, 0.2) is 6.61 Å². The number of ether oxygens (including phenoxy) is 1. The molecular weight excluding hydrogens is 331 g/mol. The number of nitro groups is 1. The third-order valence-electron chi connectivity index (χ3n) is 5.11. The molecule has 1 N–H and O–H groups in total. The van der Waals surface area contributed by atoms with Crippen LogP contribution >= 0.6 is 0 Å². The number of hydrogen-bond donors (Lipinski definition) is 1. The molecule has 0 saturated heterocycles. The minimum atomic E-state index is -0.799. The number of nitro benzene ring substituents is 1. The van der Waals surface area contributed by atoms with Gasteiger partial charge < -0.3 is 10.1 Å². The van der Waals surface area contributed by atoms with Gasteiger partial charge in [0, 0.05) is 18.6 Å². The van der Waals surface area contributed by atoms with E-state index in [0.717, 1.165) is 37.0 Å². The van der Waals surface area contributed by atoms with Gasteiger partial charge in [-0.05, 0) is 43.1 Å². The number of nitrogens with zero attached hydrogens (tertiary/aromatic N) is 1. The molecule has 8 heteroatoms. The number of carbonyl (C=O) groups is 2. The second-order valence-electron chi connectivity index (χ2n) is 6.77. The van der Waals surface area contributed by atoms with Crippen LogP contribution in [0.4, 0.5) is 15.8 Å². The molecule has 0 radical (unpaired) electrons. The van der Waals surface area contributed by atoms with Crippen LogP contribution in [0.1, 0.15) is 32.1 Å². The number of non-ortho nitro benzene ring substituents is 1. The Hall–Kier alpha value is -2.51. The quantitative estimate of drug-likeness (QED) is 0.483. The van der Waals surface area contributed by atoms with E-state index < -0.39 is 29.2 Å². The van der Waals surface area contributed by atoms with Crippen LogP contribution in [0.3, 0.4) is 0 Å². The fourth-order valence-electron chi connectivity index (χ4n) is 3.95. The van der Waals surface area contributed by atoms with Crippen LogP contribution in [0.25, 0.3) is 0 Å². The lowest BCUT2D eigenvalue weighted by Crippen LogP contribution is -2.23. The van der Waals surface area contributed by atoms with Crippen molar-refractivity contribution in [1.29, 1.82) is 0 Å². The van der Waals surface area contributed by atoms with Crippen molar-refractivity contribution in [2.75, 3.05) is 11.9 Å². The minimum Gasteiger partial charge on any atom is -0.456 e. The van der Waals surface area contributed by atoms with Gasteiger partial charge in [-0.25, -0.2) is 4.39 Å². The van der Waals surface area contributed by atoms with Crippen molar-refractivity contribution in [2.24, 2.45) is 17.8 Å². The summed E-state index contributed by atoms with van der Waals surface area (Å²) in [6.07, 6.45) is 4.94. The molecule has 2 saturated carbocycles. The summed E-state index contributed by atoms with van der Waals surface area (Å²) in [5.41, 5.74) is -0.659. The molecule has 0 unspecified atom stereocenters. The Balaban J connectivity index is 1.47.